The van der Waals surface area contributed by atoms with Gasteiger partial charge in [-0.15, -0.1) is 0 Å². The SMILES string of the molecule is CCOC(=O)c1c(NC(=O)COC(=O)c2ccccc2OCc2ccc(F)cc2)oc(C)c1C(C)=O. The molecule has 1 aromatic heterocycles. The summed E-state index contributed by atoms with van der Waals surface area (Å²) in [6.07, 6.45) is 0. The second kappa shape index (κ2) is 11.8. The molecule has 0 atom stereocenters. The minimum Gasteiger partial charge on any atom is -0.488 e. The summed E-state index contributed by atoms with van der Waals surface area (Å²) in [7, 11) is 0. The molecule has 3 aromatic rings. The number of amides is 1. The smallest absolute Gasteiger partial charge is 0.344 e. The van der Waals surface area contributed by atoms with E-state index < -0.39 is 30.2 Å². The van der Waals surface area contributed by atoms with Crippen LogP contribution < -0.4 is 10.1 Å². The summed E-state index contributed by atoms with van der Waals surface area (Å²) >= 11 is 0. The number of esters is 2. The number of ether oxygens (including phenoxy) is 3. The number of carbonyl (C=O) groups excluding carboxylic acids is 4. The number of rotatable bonds is 10. The number of hydrogen-bond acceptors (Lipinski definition) is 8. The van der Waals surface area contributed by atoms with Crippen LogP contribution in [0.15, 0.2) is 52.9 Å². The maximum atomic E-state index is 13.1. The number of hydrogen-bond donors (Lipinski definition) is 1. The number of anilines is 1. The van der Waals surface area contributed by atoms with Crippen molar-refractivity contribution in [2.75, 3.05) is 18.5 Å². The Bertz CT molecular complexity index is 1280. The summed E-state index contributed by atoms with van der Waals surface area (Å²) in [5.41, 5.74) is 0.552. The molecule has 3 rings (SSSR count). The van der Waals surface area contributed by atoms with Gasteiger partial charge in [0.05, 0.1) is 12.2 Å². The van der Waals surface area contributed by atoms with E-state index in [0.29, 0.717) is 5.56 Å². The molecule has 0 aliphatic rings. The molecule has 0 bridgehead atoms. The lowest BCUT2D eigenvalue weighted by molar-refractivity contribution is -0.119. The van der Waals surface area contributed by atoms with E-state index in [0.717, 1.165) is 0 Å². The fraction of sp³-hybridized carbons (Fsp3) is 0.231. The number of aryl methyl sites for hydroxylation is 1. The third kappa shape index (κ3) is 6.35. The molecular weight excluding hydrogens is 473 g/mol. The Morgan fingerprint density at radius 3 is 2.31 bits per heavy atom. The molecule has 9 nitrogen and oxygen atoms in total. The standard InChI is InChI=1S/C26H24FNO8/c1-4-33-26(32)23-22(15(2)29)16(3)36-24(23)28-21(30)14-35-25(31)19-7-5-6-8-20(19)34-13-17-9-11-18(27)12-10-17/h5-12H,4,13-14H2,1-3H3,(H,28,30). The van der Waals surface area contributed by atoms with Gasteiger partial charge in [0.25, 0.3) is 5.91 Å². The van der Waals surface area contributed by atoms with Gasteiger partial charge in [-0.1, -0.05) is 24.3 Å². The molecule has 10 heteroatoms. The molecule has 0 saturated heterocycles. The van der Waals surface area contributed by atoms with E-state index in [1.807, 2.05) is 0 Å². The van der Waals surface area contributed by atoms with Crippen molar-refractivity contribution >= 4 is 29.5 Å². The van der Waals surface area contributed by atoms with E-state index in [2.05, 4.69) is 5.32 Å². The predicted molar refractivity (Wildman–Crippen MR) is 125 cm³/mol. The molecule has 0 aliphatic carbocycles. The highest BCUT2D eigenvalue weighted by molar-refractivity contribution is 6.11. The quantitative estimate of drug-likeness (QED) is 0.321. The van der Waals surface area contributed by atoms with E-state index in [1.54, 1.807) is 37.3 Å². The highest BCUT2D eigenvalue weighted by Crippen LogP contribution is 2.28. The van der Waals surface area contributed by atoms with Crippen LogP contribution in [0.2, 0.25) is 0 Å². The van der Waals surface area contributed by atoms with Crippen LogP contribution in [0.5, 0.6) is 5.75 Å². The second-order valence-corrected chi connectivity index (χ2v) is 7.55. The van der Waals surface area contributed by atoms with Crippen molar-refractivity contribution in [2.24, 2.45) is 0 Å². The molecule has 0 aliphatic heterocycles. The topological polar surface area (TPSA) is 121 Å². The lowest BCUT2D eigenvalue weighted by Gasteiger charge is -2.11. The summed E-state index contributed by atoms with van der Waals surface area (Å²) in [5, 5.41) is 2.34. The monoisotopic (exact) mass is 497 g/mol. The van der Waals surface area contributed by atoms with Gasteiger partial charge in [0, 0.05) is 0 Å². The summed E-state index contributed by atoms with van der Waals surface area (Å²) in [6, 6.07) is 12.0. The fourth-order valence-electron chi connectivity index (χ4n) is 3.33. The van der Waals surface area contributed by atoms with Crippen molar-refractivity contribution in [3.05, 3.63) is 82.4 Å². The molecular formula is C26H24FNO8. The van der Waals surface area contributed by atoms with E-state index >= 15 is 0 Å². The van der Waals surface area contributed by atoms with Gasteiger partial charge in [0.15, 0.2) is 12.4 Å². The van der Waals surface area contributed by atoms with Crippen LogP contribution in [0.25, 0.3) is 0 Å². The molecule has 0 fully saturated rings. The van der Waals surface area contributed by atoms with Gasteiger partial charge in [-0.05, 0) is 50.6 Å². The number of carbonyl (C=O) groups is 4. The maximum Gasteiger partial charge on any atom is 0.344 e. The van der Waals surface area contributed by atoms with Crippen molar-refractivity contribution < 1.29 is 42.2 Å². The first-order valence-corrected chi connectivity index (χ1v) is 11.0. The Kier molecular flexibility index (Phi) is 8.56. The van der Waals surface area contributed by atoms with Gasteiger partial charge in [-0.2, -0.15) is 0 Å². The van der Waals surface area contributed by atoms with Crippen molar-refractivity contribution in [3.63, 3.8) is 0 Å². The zero-order chi connectivity index (χ0) is 26.2. The molecule has 0 radical (unpaired) electrons. The number of Topliss-reactive ketones (excluding diaryl/α,β-unsaturated/α-hetero) is 1. The van der Waals surface area contributed by atoms with E-state index in [9.17, 15) is 23.6 Å². The minimum absolute atomic E-state index is 0.00650. The summed E-state index contributed by atoms with van der Waals surface area (Å²) < 4.78 is 34.2. The number of para-hydroxylation sites is 1. The summed E-state index contributed by atoms with van der Waals surface area (Å²) in [6.45, 7) is 3.74. The van der Waals surface area contributed by atoms with E-state index in [4.69, 9.17) is 18.6 Å². The van der Waals surface area contributed by atoms with E-state index in [1.165, 1.54) is 32.0 Å². The van der Waals surface area contributed by atoms with Gasteiger partial charge >= 0.3 is 11.9 Å². The van der Waals surface area contributed by atoms with Gasteiger partial charge in [-0.3, -0.25) is 14.9 Å². The molecule has 1 heterocycles. The highest BCUT2D eigenvalue weighted by Gasteiger charge is 2.29. The van der Waals surface area contributed by atoms with Gasteiger partial charge in [0.2, 0.25) is 5.88 Å². The molecule has 0 spiro atoms. The molecule has 1 amide bonds. The van der Waals surface area contributed by atoms with E-state index in [-0.39, 0.29) is 53.1 Å². The number of halogens is 1. The average molecular weight is 497 g/mol. The fourth-order valence-corrected chi connectivity index (χ4v) is 3.33. The van der Waals surface area contributed by atoms with Crippen LogP contribution in [-0.2, 0) is 20.9 Å². The third-order valence-electron chi connectivity index (χ3n) is 4.92. The van der Waals surface area contributed by atoms with Crippen LogP contribution in [0.3, 0.4) is 0 Å². The van der Waals surface area contributed by atoms with Crippen LogP contribution >= 0.6 is 0 Å². The average Bonchev–Trinajstić information content (AvgIpc) is 3.18. The number of furan rings is 1. The van der Waals surface area contributed by atoms with Crippen LogP contribution in [0.4, 0.5) is 10.3 Å². The molecule has 36 heavy (non-hydrogen) atoms. The van der Waals surface area contributed by atoms with Crippen LogP contribution in [0.1, 0.15) is 56.2 Å². The second-order valence-electron chi connectivity index (χ2n) is 7.55. The van der Waals surface area contributed by atoms with Crippen LogP contribution in [-0.4, -0.2) is 36.8 Å². The Balaban J connectivity index is 1.66. The van der Waals surface area contributed by atoms with Gasteiger partial charge in [-0.25, -0.2) is 14.0 Å². The lowest BCUT2D eigenvalue weighted by Crippen LogP contribution is -2.22. The van der Waals surface area contributed by atoms with Crippen molar-refractivity contribution in [3.8, 4) is 5.75 Å². The Labute approximate surface area is 206 Å². The summed E-state index contributed by atoms with van der Waals surface area (Å²) in [4.78, 5) is 49.4. The maximum absolute atomic E-state index is 13.1. The first-order chi connectivity index (χ1) is 17.2. The Morgan fingerprint density at radius 2 is 1.64 bits per heavy atom. The Morgan fingerprint density at radius 1 is 0.944 bits per heavy atom. The van der Waals surface area contributed by atoms with Crippen molar-refractivity contribution in [1.29, 1.82) is 0 Å². The highest BCUT2D eigenvalue weighted by atomic mass is 19.1. The summed E-state index contributed by atoms with van der Waals surface area (Å²) in [5.74, 6) is -3.22. The molecule has 0 unspecified atom stereocenters. The zero-order valence-electron chi connectivity index (χ0n) is 19.9. The van der Waals surface area contributed by atoms with Crippen molar-refractivity contribution in [2.45, 2.75) is 27.4 Å². The predicted octanol–water partition coefficient (Wildman–Crippen LogP) is 4.48. The number of nitrogens with one attached hydrogen (secondary N) is 1. The number of benzene rings is 2. The first kappa shape index (κ1) is 26.1. The lowest BCUT2D eigenvalue weighted by atomic mass is 10.1. The number of ketones is 1. The molecule has 2 aromatic carbocycles. The molecule has 1 N–H and O–H groups in total. The minimum atomic E-state index is -0.834. The molecule has 188 valence electrons. The zero-order valence-corrected chi connectivity index (χ0v) is 19.9. The normalized spacial score (nSPS) is 10.4. The largest absolute Gasteiger partial charge is 0.488 e. The first-order valence-electron chi connectivity index (χ1n) is 11.0. The molecule has 0 saturated carbocycles. The van der Waals surface area contributed by atoms with Crippen molar-refractivity contribution in [1.82, 2.24) is 0 Å². The van der Waals surface area contributed by atoms with Gasteiger partial charge in [0.1, 0.15) is 35.1 Å². The van der Waals surface area contributed by atoms with Crippen LogP contribution in [0, 0.1) is 12.7 Å². The Hall–Kier alpha value is -4.47. The third-order valence-corrected chi connectivity index (χ3v) is 4.92. The van der Waals surface area contributed by atoms with Gasteiger partial charge < -0.3 is 18.6 Å².